The Balaban J connectivity index is 1.90. The Morgan fingerprint density at radius 1 is 1.48 bits per heavy atom. The smallest absolute Gasteiger partial charge is 0.328 e. The van der Waals surface area contributed by atoms with E-state index in [1.165, 1.54) is 25.9 Å². The van der Waals surface area contributed by atoms with Crippen LogP contribution in [0.5, 0.6) is 0 Å². The largest absolute Gasteiger partial charge is 0.478 e. The van der Waals surface area contributed by atoms with Crippen molar-refractivity contribution in [2.45, 2.75) is 12.8 Å². The molecular weight excluding hydrogens is 266 g/mol. The fourth-order valence-electron chi connectivity index (χ4n) is 2.61. The molecule has 1 aliphatic heterocycles. The van der Waals surface area contributed by atoms with Crippen LogP contribution in [-0.2, 0) is 4.79 Å². The topological polar surface area (TPSA) is 56.7 Å². The molecular formula is C16H23N3O2. The molecule has 0 aromatic carbocycles. The normalized spacial score (nSPS) is 17.2. The number of nitrogens with zero attached hydrogens (tertiary/aromatic N) is 3. The fraction of sp³-hybridized carbons (Fsp3) is 0.500. The van der Waals surface area contributed by atoms with E-state index in [1.54, 1.807) is 12.3 Å². The van der Waals surface area contributed by atoms with Crippen LogP contribution in [0, 0.1) is 5.92 Å². The highest BCUT2D eigenvalue weighted by atomic mass is 16.4. The van der Waals surface area contributed by atoms with Crippen LogP contribution in [0.1, 0.15) is 18.4 Å². The second-order valence-corrected chi connectivity index (χ2v) is 5.75. The van der Waals surface area contributed by atoms with E-state index >= 15 is 0 Å². The molecule has 0 bridgehead atoms. The highest BCUT2D eigenvalue weighted by Crippen LogP contribution is 2.19. The Kier molecular flexibility index (Phi) is 5.33. The minimum Gasteiger partial charge on any atom is -0.478 e. The maximum absolute atomic E-state index is 10.5. The van der Waals surface area contributed by atoms with Crippen molar-refractivity contribution in [1.82, 2.24) is 9.88 Å². The summed E-state index contributed by atoms with van der Waals surface area (Å²) in [5.74, 6) is 0.708. The molecule has 21 heavy (non-hydrogen) atoms. The van der Waals surface area contributed by atoms with Gasteiger partial charge in [-0.1, -0.05) is 0 Å². The number of aromatic nitrogens is 1. The second-order valence-electron chi connectivity index (χ2n) is 5.75. The first-order chi connectivity index (χ1) is 10.0. The van der Waals surface area contributed by atoms with Gasteiger partial charge in [0.25, 0.3) is 0 Å². The summed E-state index contributed by atoms with van der Waals surface area (Å²) in [6.07, 6.45) is 6.86. The summed E-state index contributed by atoms with van der Waals surface area (Å²) in [6.45, 7) is 3.36. The molecule has 1 fully saturated rings. The van der Waals surface area contributed by atoms with Crippen LogP contribution >= 0.6 is 0 Å². The van der Waals surface area contributed by atoms with Gasteiger partial charge >= 0.3 is 5.97 Å². The first-order valence-electron chi connectivity index (χ1n) is 7.31. The van der Waals surface area contributed by atoms with Gasteiger partial charge in [-0.3, -0.25) is 0 Å². The summed E-state index contributed by atoms with van der Waals surface area (Å²) in [6, 6.07) is 3.84. The van der Waals surface area contributed by atoms with Crippen molar-refractivity contribution in [3.63, 3.8) is 0 Å². The van der Waals surface area contributed by atoms with Crippen molar-refractivity contribution >= 4 is 17.9 Å². The molecule has 114 valence electrons. The number of hydrogen-bond acceptors (Lipinski definition) is 4. The van der Waals surface area contributed by atoms with Crippen LogP contribution in [0.4, 0.5) is 5.82 Å². The zero-order chi connectivity index (χ0) is 15.2. The zero-order valence-corrected chi connectivity index (χ0v) is 12.7. The van der Waals surface area contributed by atoms with Gasteiger partial charge in [-0.15, -0.1) is 0 Å². The predicted molar refractivity (Wildman–Crippen MR) is 84.4 cm³/mol. The predicted octanol–water partition coefficient (Wildman–Crippen LogP) is 1.96. The van der Waals surface area contributed by atoms with Gasteiger partial charge in [0, 0.05) is 25.9 Å². The summed E-state index contributed by atoms with van der Waals surface area (Å²) in [5.41, 5.74) is 0.800. The molecule has 1 aliphatic rings. The van der Waals surface area contributed by atoms with E-state index in [-0.39, 0.29) is 0 Å². The van der Waals surface area contributed by atoms with Crippen LogP contribution < -0.4 is 4.90 Å². The molecule has 1 aromatic rings. The number of pyridine rings is 1. The van der Waals surface area contributed by atoms with E-state index in [1.807, 2.05) is 12.1 Å². The third-order valence-corrected chi connectivity index (χ3v) is 3.95. The van der Waals surface area contributed by atoms with Gasteiger partial charge in [-0.2, -0.15) is 0 Å². The third-order valence-electron chi connectivity index (χ3n) is 3.95. The van der Waals surface area contributed by atoms with E-state index in [0.717, 1.165) is 29.9 Å². The van der Waals surface area contributed by atoms with Gasteiger partial charge in [0.05, 0.1) is 0 Å². The minimum atomic E-state index is -0.946. The number of likely N-dealkylation sites (tertiary alicyclic amines) is 1. The number of carboxylic acids is 1. The van der Waals surface area contributed by atoms with Gasteiger partial charge < -0.3 is 14.9 Å². The van der Waals surface area contributed by atoms with Crippen LogP contribution in [0.2, 0.25) is 0 Å². The molecule has 1 saturated heterocycles. The summed E-state index contributed by atoms with van der Waals surface area (Å²) >= 11 is 0. The van der Waals surface area contributed by atoms with Gasteiger partial charge in [0.1, 0.15) is 5.82 Å². The number of carboxylic acid groups (broad SMARTS) is 1. The first-order valence-corrected chi connectivity index (χ1v) is 7.31. The Morgan fingerprint density at radius 2 is 2.19 bits per heavy atom. The molecule has 1 aromatic heterocycles. The third kappa shape index (κ3) is 4.86. The zero-order valence-electron chi connectivity index (χ0n) is 12.7. The van der Waals surface area contributed by atoms with Crippen molar-refractivity contribution in [3.05, 3.63) is 30.0 Å². The SMILES string of the molecule is CN1CCC(CN(C)c2ccc(/C=C/C(=O)O)cn2)CC1. The quantitative estimate of drug-likeness (QED) is 0.840. The number of piperidine rings is 1. The Labute approximate surface area is 125 Å². The molecule has 0 amide bonds. The van der Waals surface area contributed by atoms with E-state index in [0.29, 0.717) is 0 Å². The average molecular weight is 289 g/mol. The Bertz CT molecular complexity index is 491. The van der Waals surface area contributed by atoms with Gasteiger partial charge in [-0.25, -0.2) is 9.78 Å². The van der Waals surface area contributed by atoms with Crippen LogP contribution in [0.25, 0.3) is 6.08 Å². The van der Waals surface area contributed by atoms with Crippen LogP contribution in [0.15, 0.2) is 24.4 Å². The van der Waals surface area contributed by atoms with Crippen molar-refractivity contribution in [1.29, 1.82) is 0 Å². The lowest BCUT2D eigenvalue weighted by molar-refractivity contribution is -0.131. The molecule has 0 saturated carbocycles. The second kappa shape index (κ2) is 7.22. The number of aliphatic carboxylic acids is 1. The molecule has 0 aliphatic carbocycles. The first kappa shape index (κ1) is 15.5. The lowest BCUT2D eigenvalue weighted by Gasteiger charge is -2.32. The van der Waals surface area contributed by atoms with E-state index in [2.05, 4.69) is 28.9 Å². The lowest BCUT2D eigenvalue weighted by Crippen LogP contribution is -2.35. The molecule has 1 N–H and O–H groups in total. The Hall–Kier alpha value is -1.88. The van der Waals surface area contributed by atoms with Gasteiger partial charge in [0.15, 0.2) is 0 Å². The van der Waals surface area contributed by atoms with Crippen molar-refractivity contribution < 1.29 is 9.90 Å². The molecule has 0 unspecified atom stereocenters. The molecule has 2 heterocycles. The fourth-order valence-corrected chi connectivity index (χ4v) is 2.61. The summed E-state index contributed by atoms with van der Waals surface area (Å²) in [7, 11) is 4.23. The number of rotatable bonds is 5. The summed E-state index contributed by atoms with van der Waals surface area (Å²) in [4.78, 5) is 19.4. The van der Waals surface area contributed by atoms with Crippen molar-refractivity contribution in [3.8, 4) is 0 Å². The summed E-state index contributed by atoms with van der Waals surface area (Å²) in [5, 5.41) is 8.60. The number of anilines is 1. The standard InChI is InChI=1S/C16H23N3O2/c1-18-9-7-14(8-10-18)12-19(2)15-5-3-13(11-17-15)4-6-16(20)21/h3-6,11,14H,7-10,12H2,1-2H3,(H,20,21)/b6-4+. The van der Waals surface area contributed by atoms with E-state index in [4.69, 9.17) is 5.11 Å². The maximum Gasteiger partial charge on any atom is 0.328 e. The number of carbonyl (C=O) groups is 1. The molecule has 0 spiro atoms. The highest BCUT2D eigenvalue weighted by Gasteiger charge is 2.18. The van der Waals surface area contributed by atoms with Crippen molar-refractivity contribution in [2.24, 2.45) is 5.92 Å². The monoisotopic (exact) mass is 289 g/mol. The molecule has 0 radical (unpaired) electrons. The molecule has 0 atom stereocenters. The maximum atomic E-state index is 10.5. The van der Waals surface area contributed by atoms with E-state index in [9.17, 15) is 4.79 Å². The average Bonchev–Trinajstić information content (AvgIpc) is 2.48. The van der Waals surface area contributed by atoms with Gasteiger partial charge in [0.2, 0.25) is 0 Å². The Morgan fingerprint density at radius 3 is 2.76 bits per heavy atom. The molecule has 5 heteroatoms. The molecule has 5 nitrogen and oxygen atoms in total. The van der Waals surface area contributed by atoms with Crippen molar-refractivity contribution in [2.75, 3.05) is 38.6 Å². The lowest BCUT2D eigenvalue weighted by atomic mass is 9.97. The summed E-state index contributed by atoms with van der Waals surface area (Å²) < 4.78 is 0. The molecule has 2 rings (SSSR count). The van der Waals surface area contributed by atoms with Gasteiger partial charge in [-0.05, 0) is 62.7 Å². The van der Waals surface area contributed by atoms with Crippen LogP contribution in [0.3, 0.4) is 0 Å². The van der Waals surface area contributed by atoms with Crippen LogP contribution in [-0.4, -0.2) is 54.7 Å². The van der Waals surface area contributed by atoms with E-state index < -0.39 is 5.97 Å². The number of hydrogen-bond donors (Lipinski definition) is 1. The highest BCUT2D eigenvalue weighted by molar-refractivity contribution is 5.85. The minimum absolute atomic E-state index is 0.722.